The van der Waals surface area contributed by atoms with Crippen LogP contribution in [0.15, 0.2) is 42.5 Å². The number of amides is 1. The fourth-order valence-corrected chi connectivity index (χ4v) is 5.12. The number of benzene rings is 2. The van der Waals surface area contributed by atoms with E-state index in [-0.39, 0.29) is 5.91 Å². The van der Waals surface area contributed by atoms with Crippen molar-refractivity contribution in [2.45, 2.75) is 52.1 Å². The first-order chi connectivity index (χ1) is 14.5. The van der Waals surface area contributed by atoms with Gasteiger partial charge in [-0.15, -0.1) is 0 Å². The normalized spacial score (nSPS) is 21.4. The van der Waals surface area contributed by atoms with Crippen molar-refractivity contribution in [2.75, 3.05) is 26.3 Å². The van der Waals surface area contributed by atoms with Crippen molar-refractivity contribution in [3.63, 3.8) is 0 Å². The van der Waals surface area contributed by atoms with Crippen LogP contribution in [0.5, 0.6) is 0 Å². The van der Waals surface area contributed by atoms with Crippen molar-refractivity contribution in [1.82, 2.24) is 4.90 Å². The first-order valence-corrected chi connectivity index (χ1v) is 11.2. The maximum Gasteiger partial charge on any atom is 0.229 e. The number of carbonyl (C=O) groups excluding carboxylic acids is 1. The van der Waals surface area contributed by atoms with E-state index in [4.69, 9.17) is 4.74 Å². The predicted molar refractivity (Wildman–Crippen MR) is 119 cm³/mol. The van der Waals surface area contributed by atoms with Crippen molar-refractivity contribution in [3.05, 3.63) is 59.2 Å². The number of ether oxygens (including phenoxy) is 1. The first kappa shape index (κ1) is 21.1. The number of likely N-dealkylation sites (tertiary alicyclic amines) is 1. The summed E-state index contributed by atoms with van der Waals surface area (Å²) in [5, 5.41) is 10.1. The van der Waals surface area contributed by atoms with E-state index in [0.717, 1.165) is 32.2 Å². The van der Waals surface area contributed by atoms with Gasteiger partial charge in [0.1, 0.15) is 0 Å². The summed E-state index contributed by atoms with van der Waals surface area (Å²) >= 11 is 0. The highest BCUT2D eigenvalue weighted by Gasteiger charge is 2.43. The lowest BCUT2D eigenvalue weighted by Crippen LogP contribution is -2.52. The second kappa shape index (κ2) is 8.91. The molecule has 2 saturated heterocycles. The van der Waals surface area contributed by atoms with Crippen molar-refractivity contribution in [3.8, 4) is 11.1 Å². The highest BCUT2D eigenvalue weighted by atomic mass is 16.5. The molecule has 2 fully saturated rings. The maximum absolute atomic E-state index is 13.7. The van der Waals surface area contributed by atoms with Gasteiger partial charge in [0.25, 0.3) is 0 Å². The van der Waals surface area contributed by atoms with Crippen LogP contribution in [-0.4, -0.2) is 48.3 Å². The van der Waals surface area contributed by atoms with Crippen molar-refractivity contribution >= 4 is 5.91 Å². The molecule has 0 aromatic heterocycles. The SMILES string of the molecule is Cc1ccc(-c2ccccc2CC2(C(=O)N3CCCC(O)C3)CCOCC2)c(C)c1. The summed E-state index contributed by atoms with van der Waals surface area (Å²) in [7, 11) is 0. The topological polar surface area (TPSA) is 49.8 Å². The number of hydrogen-bond donors (Lipinski definition) is 1. The Hall–Kier alpha value is -2.17. The molecule has 0 aliphatic carbocycles. The van der Waals surface area contributed by atoms with Gasteiger partial charge in [0.2, 0.25) is 5.91 Å². The van der Waals surface area contributed by atoms with Crippen LogP contribution in [0, 0.1) is 19.3 Å². The van der Waals surface area contributed by atoms with E-state index >= 15 is 0 Å². The molecular formula is C26H33NO3. The minimum absolute atomic E-state index is 0.194. The summed E-state index contributed by atoms with van der Waals surface area (Å²) in [6.07, 6.45) is 3.45. The van der Waals surface area contributed by atoms with Crippen molar-refractivity contribution in [2.24, 2.45) is 5.41 Å². The van der Waals surface area contributed by atoms with E-state index in [1.807, 2.05) is 4.90 Å². The minimum Gasteiger partial charge on any atom is -0.391 e. The number of nitrogens with zero attached hydrogens (tertiary/aromatic N) is 1. The molecule has 2 aliphatic heterocycles. The molecule has 1 N–H and O–H groups in total. The molecule has 160 valence electrons. The molecular weight excluding hydrogens is 374 g/mol. The molecule has 4 nitrogen and oxygen atoms in total. The van der Waals surface area contributed by atoms with Crippen LogP contribution in [0.3, 0.4) is 0 Å². The molecule has 0 radical (unpaired) electrons. The van der Waals surface area contributed by atoms with E-state index in [0.29, 0.717) is 26.2 Å². The van der Waals surface area contributed by atoms with Gasteiger partial charge in [-0.3, -0.25) is 4.79 Å². The average Bonchev–Trinajstić information content (AvgIpc) is 2.75. The predicted octanol–water partition coefficient (Wildman–Crippen LogP) is 4.29. The van der Waals surface area contributed by atoms with Gasteiger partial charge in [-0.2, -0.15) is 0 Å². The van der Waals surface area contributed by atoms with Crippen molar-refractivity contribution in [1.29, 1.82) is 0 Å². The fraction of sp³-hybridized carbons (Fsp3) is 0.500. The average molecular weight is 408 g/mol. The summed E-state index contributed by atoms with van der Waals surface area (Å²) in [4.78, 5) is 15.6. The Morgan fingerprint density at radius 3 is 2.63 bits per heavy atom. The van der Waals surface area contributed by atoms with Gasteiger partial charge in [0, 0.05) is 26.3 Å². The Morgan fingerprint density at radius 1 is 1.13 bits per heavy atom. The molecule has 0 bridgehead atoms. The number of aliphatic hydroxyl groups is 1. The fourth-order valence-electron chi connectivity index (χ4n) is 5.12. The van der Waals surface area contributed by atoms with Gasteiger partial charge in [-0.25, -0.2) is 0 Å². The number of aliphatic hydroxyl groups excluding tert-OH is 1. The molecule has 2 aromatic rings. The summed E-state index contributed by atoms with van der Waals surface area (Å²) in [5.41, 5.74) is 5.73. The Balaban J connectivity index is 1.68. The lowest BCUT2D eigenvalue weighted by Gasteiger charge is -2.42. The molecule has 2 aliphatic rings. The van der Waals surface area contributed by atoms with E-state index in [1.165, 1.54) is 27.8 Å². The number of aryl methyl sites for hydroxylation is 2. The molecule has 1 unspecified atom stereocenters. The van der Waals surface area contributed by atoms with Crippen LogP contribution in [0.1, 0.15) is 42.4 Å². The van der Waals surface area contributed by atoms with Crippen LogP contribution in [0.2, 0.25) is 0 Å². The molecule has 1 amide bonds. The molecule has 30 heavy (non-hydrogen) atoms. The highest BCUT2D eigenvalue weighted by Crippen LogP contribution is 2.40. The maximum atomic E-state index is 13.7. The van der Waals surface area contributed by atoms with Crippen LogP contribution in [0.25, 0.3) is 11.1 Å². The van der Waals surface area contributed by atoms with Gasteiger partial charge in [0.15, 0.2) is 0 Å². The van der Waals surface area contributed by atoms with E-state index < -0.39 is 11.5 Å². The molecule has 4 heteroatoms. The van der Waals surface area contributed by atoms with Crippen LogP contribution in [0.4, 0.5) is 0 Å². The second-order valence-electron chi connectivity index (χ2n) is 9.09. The number of β-amino-alcohol motifs (C(OH)–C–C–N with tert-alkyl or cyclic N) is 1. The lowest BCUT2D eigenvalue weighted by atomic mass is 9.72. The lowest BCUT2D eigenvalue weighted by molar-refractivity contribution is -0.151. The second-order valence-corrected chi connectivity index (χ2v) is 9.09. The molecule has 4 rings (SSSR count). The Labute approximate surface area is 179 Å². The monoisotopic (exact) mass is 407 g/mol. The van der Waals surface area contributed by atoms with Gasteiger partial charge in [0.05, 0.1) is 11.5 Å². The zero-order valence-corrected chi connectivity index (χ0v) is 18.2. The number of piperidine rings is 1. The summed E-state index contributed by atoms with van der Waals surface area (Å²) in [6, 6.07) is 15.1. The number of rotatable bonds is 4. The number of hydrogen-bond acceptors (Lipinski definition) is 3. The largest absolute Gasteiger partial charge is 0.391 e. The Morgan fingerprint density at radius 2 is 1.90 bits per heavy atom. The van der Waals surface area contributed by atoms with Crippen molar-refractivity contribution < 1.29 is 14.6 Å². The third kappa shape index (κ3) is 4.30. The smallest absolute Gasteiger partial charge is 0.229 e. The third-order valence-corrected chi connectivity index (χ3v) is 6.81. The zero-order chi connectivity index (χ0) is 21.1. The standard InChI is InChI=1S/C26H33NO3/c1-19-9-10-23(20(2)16-19)24-8-4-3-6-21(24)17-26(11-14-30-15-12-26)25(29)27-13-5-7-22(28)18-27/h3-4,6,8-10,16,22,28H,5,7,11-15,17-18H2,1-2H3. The molecule has 0 saturated carbocycles. The van der Waals surface area contributed by atoms with E-state index in [9.17, 15) is 9.90 Å². The minimum atomic E-state index is -0.454. The quantitative estimate of drug-likeness (QED) is 0.822. The van der Waals surface area contributed by atoms with E-state index in [1.54, 1.807) is 0 Å². The summed E-state index contributed by atoms with van der Waals surface area (Å²) in [5.74, 6) is 0.194. The van der Waals surface area contributed by atoms with Gasteiger partial charge in [-0.1, -0.05) is 48.0 Å². The van der Waals surface area contributed by atoms with E-state index in [2.05, 4.69) is 56.3 Å². The molecule has 1 atom stereocenters. The van der Waals surface area contributed by atoms with Crippen LogP contribution < -0.4 is 0 Å². The number of carbonyl (C=O) groups is 1. The molecule has 2 heterocycles. The highest BCUT2D eigenvalue weighted by molar-refractivity contribution is 5.84. The Kier molecular flexibility index (Phi) is 6.26. The summed E-state index contributed by atoms with van der Waals surface area (Å²) in [6.45, 7) is 6.72. The molecule has 0 spiro atoms. The van der Waals surface area contributed by atoms with Gasteiger partial charge in [-0.05, 0) is 68.2 Å². The van der Waals surface area contributed by atoms with Gasteiger partial charge >= 0.3 is 0 Å². The van der Waals surface area contributed by atoms with Crippen LogP contribution >= 0.6 is 0 Å². The summed E-state index contributed by atoms with van der Waals surface area (Å²) < 4.78 is 5.65. The third-order valence-electron chi connectivity index (χ3n) is 6.81. The Bertz CT molecular complexity index is 901. The van der Waals surface area contributed by atoms with Crippen LogP contribution in [-0.2, 0) is 16.0 Å². The molecule has 2 aromatic carbocycles. The van der Waals surface area contributed by atoms with Gasteiger partial charge < -0.3 is 14.7 Å². The zero-order valence-electron chi connectivity index (χ0n) is 18.2. The first-order valence-electron chi connectivity index (χ1n) is 11.2.